The minimum absolute atomic E-state index is 0.552. The number of hydrogen-bond acceptors (Lipinski definition) is 4. The molecule has 74 valence electrons. The van der Waals surface area contributed by atoms with E-state index in [0.717, 1.165) is 8.66 Å². The third kappa shape index (κ3) is 1.89. The van der Waals surface area contributed by atoms with E-state index in [4.69, 9.17) is 4.42 Å². The summed E-state index contributed by atoms with van der Waals surface area (Å²) in [7, 11) is 0. The molecule has 2 aromatic rings. The highest BCUT2D eigenvalue weighted by Crippen LogP contribution is 2.31. The first-order valence-electron chi connectivity index (χ1n) is 4.06. The van der Waals surface area contributed by atoms with Crippen LogP contribution in [0.2, 0.25) is 0 Å². The largest absolute Gasteiger partial charge is 0.443 e. The van der Waals surface area contributed by atoms with E-state index in [1.165, 1.54) is 6.26 Å². The summed E-state index contributed by atoms with van der Waals surface area (Å²) in [4.78, 5) is 5.11. The molecule has 3 nitrogen and oxygen atoms in total. The van der Waals surface area contributed by atoms with Crippen molar-refractivity contribution in [2.45, 2.75) is 13.0 Å². The van der Waals surface area contributed by atoms with Crippen LogP contribution < -0.4 is 0 Å². The molecule has 0 spiro atoms. The molecule has 0 radical (unpaired) electrons. The molecule has 5 heteroatoms. The molecule has 0 aliphatic rings. The van der Waals surface area contributed by atoms with E-state index in [9.17, 15) is 5.11 Å². The summed E-state index contributed by atoms with van der Waals surface area (Å²) in [6.07, 6.45) is 0.893. The minimum Gasteiger partial charge on any atom is -0.443 e. The molecule has 1 N–H and O–H groups in total. The van der Waals surface area contributed by atoms with Crippen LogP contribution in [-0.4, -0.2) is 10.1 Å². The van der Waals surface area contributed by atoms with Crippen LogP contribution in [0, 0.1) is 0 Å². The Hall–Kier alpha value is -0.650. The van der Waals surface area contributed by atoms with Gasteiger partial charge in [-0.15, -0.1) is 11.3 Å². The van der Waals surface area contributed by atoms with Gasteiger partial charge in [-0.1, -0.05) is 0 Å². The van der Waals surface area contributed by atoms with Crippen molar-refractivity contribution in [2.75, 3.05) is 0 Å². The molecule has 0 bridgehead atoms. The van der Waals surface area contributed by atoms with E-state index < -0.39 is 6.10 Å². The van der Waals surface area contributed by atoms with E-state index in [-0.39, 0.29) is 0 Å². The second-order valence-corrected chi connectivity index (χ2v) is 5.32. The zero-order valence-corrected chi connectivity index (χ0v) is 9.80. The summed E-state index contributed by atoms with van der Waals surface area (Å²) in [5.74, 6) is 0.552. The molecular weight excluding hydrogens is 266 g/mol. The molecule has 2 rings (SSSR count). The van der Waals surface area contributed by atoms with Crippen molar-refractivity contribution in [3.63, 3.8) is 0 Å². The van der Waals surface area contributed by atoms with Crippen molar-refractivity contribution in [3.05, 3.63) is 27.9 Å². The first kappa shape index (κ1) is 9.89. The smallest absolute Gasteiger partial charge is 0.236 e. The number of nitrogens with zero attached hydrogens (tertiary/aromatic N) is 1. The van der Waals surface area contributed by atoms with Gasteiger partial charge in [0.15, 0.2) is 0 Å². The average molecular weight is 274 g/mol. The summed E-state index contributed by atoms with van der Waals surface area (Å²) in [5, 5.41) is 9.26. The predicted octanol–water partition coefficient (Wildman–Crippen LogP) is 3.22. The van der Waals surface area contributed by atoms with Gasteiger partial charge in [-0.2, -0.15) is 0 Å². The number of aliphatic hydroxyl groups is 1. The van der Waals surface area contributed by atoms with Crippen LogP contribution in [-0.2, 0) is 0 Å². The van der Waals surface area contributed by atoms with Crippen LogP contribution in [0.15, 0.2) is 26.6 Å². The van der Waals surface area contributed by atoms with Gasteiger partial charge in [0.25, 0.3) is 0 Å². The molecule has 1 atom stereocenters. The van der Waals surface area contributed by atoms with Gasteiger partial charge in [-0.25, -0.2) is 4.98 Å². The first-order chi connectivity index (χ1) is 6.66. The number of rotatable bonds is 2. The van der Waals surface area contributed by atoms with E-state index in [0.29, 0.717) is 11.6 Å². The topological polar surface area (TPSA) is 46.3 Å². The van der Waals surface area contributed by atoms with E-state index in [1.807, 2.05) is 12.1 Å². The molecule has 2 heterocycles. The maximum Gasteiger partial charge on any atom is 0.236 e. The molecule has 14 heavy (non-hydrogen) atoms. The molecule has 0 fully saturated rings. The predicted molar refractivity (Wildman–Crippen MR) is 58.1 cm³/mol. The maximum atomic E-state index is 9.26. The lowest BCUT2D eigenvalue weighted by atomic mass is 10.3. The van der Waals surface area contributed by atoms with E-state index in [1.54, 1.807) is 18.3 Å². The summed E-state index contributed by atoms with van der Waals surface area (Å²) in [6.45, 7) is 1.66. The summed E-state index contributed by atoms with van der Waals surface area (Å²) in [5.41, 5.74) is 0.560. The number of oxazole rings is 1. The Labute approximate surface area is 93.5 Å². The highest BCUT2D eigenvalue weighted by Gasteiger charge is 2.11. The highest BCUT2D eigenvalue weighted by atomic mass is 79.9. The van der Waals surface area contributed by atoms with Crippen molar-refractivity contribution in [2.24, 2.45) is 0 Å². The number of thiophene rings is 1. The quantitative estimate of drug-likeness (QED) is 0.914. The van der Waals surface area contributed by atoms with Crippen molar-refractivity contribution in [1.29, 1.82) is 0 Å². The van der Waals surface area contributed by atoms with Crippen LogP contribution in [0.25, 0.3) is 10.8 Å². The zero-order chi connectivity index (χ0) is 10.1. The molecule has 0 saturated carbocycles. The van der Waals surface area contributed by atoms with Gasteiger partial charge in [-0.3, -0.25) is 0 Å². The third-order valence-electron chi connectivity index (χ3n) is 1.73. The normalized spacial score (nSPS) is 13.1. The second-order valence-electron chi connectivity index (χ2n) is 2.86. The Balaban J connectivity index is 2.33. The van der Waals surface area contributed by atoms with Crippen LogP contribution >= 0.6 is 27.3 Å². The fraction of sp³-hybridized carbons (Fsp3) is 0.222. The molecule has 0 amide bonds. The Morgan fingerprint density at radius 1 is 1.57 bits per heavy atom. The molecule has 0 saturated heterocycles. The van der Waals surface area contributed by atoms with Gasteiger partial charge in [0, 0.05) is 0 Å². The minimum atomic E-state index is -0.587. The SMILES string of the molecule is CC(O)c1coc(-c2ccc(Br)s2)n1. The summed E-state index contributed by atoms with van der Waals surface area (Å²) >= 11 is 4.91. The van der Waals surface area contributed by atoms with Crippen molar-refractivity contribution in [1.82, 2.24) is 4.98 Å². The lowest BCUT2D eigenvalue weighted by molar-refractivity contribution is 0.194. The Morgan fingerprint density at radius 2 is 2.36 bits per heavy atom. The zero-order valence-electron chi connectivity index (χ0n) is 7.40. The first-order valence-corrected chi connectivity index (χ1v) is 5.67. The average Bonchev–Trinajstić information content (AvgIpc) is 2.70. The lowest BCUT2D eigenvalue weighted by Gasteiger charge is -1.93. The monoisotopic (exact) mass is 273 g/mol. The number of aromatic nitrogens is 1. The highest BCUT2D eigenvalue weighted by molar-refractivity contribution is 9.11. The number of hydrogen-bond donors (Lipinski definition) is 1. The van der Waals surface area contributed by atoms with Crippen molar-refractivity contribution < 1.29 is 9.52 Å². The Bertz CT molecular complexity index is 435. The second kappa shape index (κ2) is 3.84. The van der Waals surface area contributed by atoms with Gasteiger partial charge >= 0.3 is 0 Å². The van der Waals surface area contributed by atoms with Crippen LogP contribution in [0.4, 0.5) is 0 Å². The Kier molecular flexibility index (Phi) is 2.71. The van der Waals surface area contributed by atoms with Gasteiger partial charge < -0.3 is 9.52 Å². The maximum absolute atomic E-state index is 9.26. The van der Waals surface area contributed by atoms with Crippen molar-refractivity contribution >= 4 is 27.3 Å². The van der Waals surface area contributed by atoms with E-state index in [2.05, 4.69) is 20.9 Å². The molecule has 0 aliphatic carbocycles. The summed E-state index contributed by atoms with van der Waals surface area (Å²) in [6, 6.07) is 3.86. The molecule has 1 unspecified atom stereocenters. The van der Waals surface area contributed by atoms with Gasteiger partial charge in [0.2, 0.25) is 5.89 Å². The fourth-order valence-electron chi connectivity index (χ4n) is 1.02. The third-order valence-corrected chi connectivity index (χ3v) is 3.35. The molecule has 0 aliphatic heterocycles. The van der Waals surface area contributed by atoms with Crippen LogP contribution in [0.1, 0.15) is 18.7 Å². The van der Waals surface area contributed by atoms with Crippen molar-refractivity contribution in [3.8, 4) is 10.8 Å². The number of halogens is 1. The molecule has 0 aromatic carbocycles. The standard InChI is InChI=1S/C9H8BrNO2S/c1-5(12)6-4-13-9(11-6)7-2-3-8(10)14-7/h2-5,12H,1H3. The van der Waals surface area contributed by atoms with Gasteiger partial charge in [0.05, 0.1) is 14.8 Å². The molecular formula is C9H8BrNO2S. The van der Waals surface area contributed by atoms with Crippen LogP contribution in [0.3, 0.4) is 0 Å². The van der Waals surface area contributed by atoms with Gasteiger partial charge in [0.1, 0.15) is 12.0 Å². The van der Waals surface area contributed by atoms with E-state index >= 15 is 0 Å². The molecule has 2 aromatic heterocycles. The van der Waals surface area contributed by atoms with Gasteiger partial charge in [-0.05, 0) is 35.0 Å². The fourth-order valence-corrected chi connectivity index (χ4v) is 2.34. The number of aliphatic hydroxyl groups excluding tert-OH is 1. The summed E-state index contributed by atoms with van der Waals surface area (Å²) < 4.78 is 6.28. The van der Waals surface area contributed by atoms with Crippen LogP contribution in [0.5, 0.6) is 0 Å². The lowest BCUT2D eigenvalue weighted by Crippen LogP contribution is -1.89. The Morgan fingerprint density at radius 3 is 2.86 bits per heavy atom.